The monoisotopic (exact) mass is 158 g/mol. The minimum atomic E-state index is -0.0603. The van der Waals surface area contributed by atoms with Crippen molar-refractivity contribution in [2.24, 2.45) is 5.92 Å². The number of unbranched alkanes of at least 4 members (excludes halogenated alkanes) is 1. The van der Waals surface area contributed by atoms with Crippen molar-refractivity contribution in [3.63, 3.8) is 0 Å². The second-order valence-electron chi connectivity index (χ2n) is 3.48. The molecule has 0 rings (SSSR count). The second-order valence-corrected chi connectivity index (χ2v) is 3.48. The molecule has 0 radical (unpaired) electrons. The number of hydrogen-bond donors (Lipinski definition) is 1. The van der Waals surface area contributed by atoms with E-state index in [4.69, 9.17) is 0 Å². The standard InChI is InChI=1S/C10H22O/c1-4-6-8-10(11)9(3)7-5-2/h9-11H,4-8H2,1-3H3/t9-,10-/m0/s1. The fraction of sp³-hybridized carbons (Fsp3) is 1.00. The molecule has 0 aliphatic heterocycles. The first-order valence-corrected chi connectivity index (χ1v) is 4.90. The van der Waals surface area contributed by atoms with Crippen LogP contribution in [-0.2, 0) is 0 Å². The normalized spacial score (nSPS) is 16.4. The summed E-state index contributed by atoms with van der Waals surface area (Å²) in [5.41, 5.74) is 0. The third-order valence-corrected chi connectivity index (χ3v) is 2.25. The van der Waals surface area contributed by atoms with Crippen molar-refractivity contribution in [2.75, 3.05) is 0 Å². The number of hydrogen-bond acceptors (Lipinski definition) is 1. The smallest absolute Gasteiger partial charge is 0.0565 e. The lowest BCUT2D eigenvalue weighted by Crippen LogP contribution is -2.16. The zero-order valence-electron chi connectivity index (χ0n) is 8.14. The van der Waals surface area contributed by atoms with Crippen LogP contribution in [0.25, 0.3) is 0 Å². The minimum absolute atomic E-state index is 0.0603. The van der Waals surface area contributed by atoms with E-state index in [-0.39, 0.29) is 6.10 Å². The van der Waals surface area contributed by atoms with Gasteiger partial charge in [-0.3, -0.25) is 0 Å². The zero-order chi connectivity index (χ0) is 8.69. The van der Waals surface area contributed by atoms with Crippen molar-refractivity contribution in [3.8, 4) is 0 Å². The summed E-state index contributed by atoms with van der Waals surface area (Å²) in [5, 5.41) is 9.58. The molecule has 0 aliphatic rings. The molecular formula is C10H22O. The molecule has 0 fully saturated rings. The van der Waals surface area contributed by atoms with E-state index in [1.807, 2.05) is 0 Å². The quantitative estimate of drug-likeness (QED) is 0.630. The predicted octanol–water partition coefficient (Wildman–Crippen LogP) is 2.97. The summed E-state index contributed by atoms with van der Waals surface area (Å²) >= 11 is 0. The van der Waals surface area contributed by atoms with Crippen LogP contribution in [0.3, 0.4) is 0 Å². The highest BCUT2D eigenvalue weighted by molar-refractivity contribution is 4.63. The van der Waals surface area contributed by atoms with Gasteiger partial charge in [0, 0.05) is 0 Å². The fourth-order valence-corrected chi connectivity index (χ4v) is 1.35. The van der Waals surface area contributed by atoms with Gasteiger partial charge < -0.3 is 5.11 Å². The maximum atomic E-state index is 9.58. The van der Waals surface area contributed by atoms with E-state index in [0.717, 1.165) is 19.3 Å². The minimum Gasteiger partial charge on any atom is -0.393 e. The molecule has 0 unspecified atom stereocenters. The Morgan fingerprint density at radius 2 is 1.73 bits per heavy atom. The van der Waals surface area contributed by atoms with Crippen molar-refractivity contribution in [2.45, 2.75) is 59.0 Å². The molecule has 0 aromatic carbocycles. The molecule has 0 amide bonds. The fourth-order valence-electron chi connectivity index (χ4n) is 1.35. The Morgan fingerprint density at radius 3 is 2.18 bits per heavy atom. The van der Waals surface area contributed by atoms with Crippen LogP contribution in [0.4, 0.5) is 0 Å². The molecule has 0 spiro atoms. The molecule has 11 heavy (non-hydrogen) atoms. The Morgan fingerprint density at radius 1 is 1.09 bits per heavy atom. The lowest BCUT2D eigenvalue weighted by Gasteiger charge is -2.17. The summed E-state index contributed by atoms with van der Waals surface area (Å²) in [5.74, 6) is 0.492. The first-order valence-electron chi connectivity index (χ1n) is 4.90. The molecule has 0 aromatic heterocycles. The first-order chi connectivity index (χ1) is 5.22. The van der Waals surface area contributed by atoms with Crippen LogP contribution in [0.15, 0.2) is 0 Å². The number of aliphatic hydroxyl groups excluding tert-OH is 1. The summed E-state index contributed by atoms with van der Waals surface area (Å²) in [6, 6.07) is 0. The molecule has 0 saturated heterocycles. The second kappa shape index (κ2) is 6.66. The van der Waals surface area contributed by atoms with Crippen LogP contribution in [0.1, 0.15) is 52.9 Å². The molecule has 0 aromatic rings. The van der Waals surface area contributed by atoms with Crippen LogP contribution in [0.2, 0.25) is 0 Å². The molecule has 0 bridgehead atoms. The van der Waals surface area contributed by atoms with Crippen LogP contribution in [-0.4, -0.2) is 11.2 Å². The third-order valence-electron chi connectivity index (χ3n) is 2.25. The van der Waals surface area contributed by atoms with Crippen LogP contribution < -0.4 is 0 Å². The molecule has 0 heterocycles. The van der Waals surface area contributed by atoms with Crippen LogP contribution >= 0.6 is 0 Å². The molecule has 2 atom stereocenters. The highest BCUT2D eigenvalue weighted by atomic mass is 16.3. The van der Waals surface area contributed by atoms with E-state index < -0.39 is 0 Å². The largest absolute Gasteiger partial charge is 0.393 e. The highest BCUT2D eigenvalue weighted by Gasteiger charge is 2.11. The van der Waals surface area contributed by atoms with Gasteiger partial charge in [-0.15, -0.1) is 0 Å². The van der Waals surface area contributed by atoms with Gasteiger partial charge in [0.15, 0.2) is 0 Å². The van der Waals surface area contributed by atoms with Crippen molar-refractivity contribution in [1.82, 2.24) is 0 Å². The molecule has 1 nitrogen and oxygen atoms in total. The summed E-state index contributed by atoms with van der Waals surface area (Å²) in [6.07, 6.45) is 5.62. The van der Waals surface area contributed by atoms with Crippen molar-refractivity contribution >= 4 is 0 Å². The molecule has 1 heteroatoms. The highest BCUT2D eigenvalue weighted by Crippen LogP contribution is 2.15. The van der Waals surface area contributed by atoms with Gasteiger partial charge >= 0.3 is 0 Å². The molecule has 0 aliphatic carbocycles. The van der Waals surface area contributed by atoms with Gasteiger partial charge in [-0.1, -0.05) is 40.0 Å². The van der Waals surface area contributed by atoms with Gasteiger partial charge in [0.25, 0.3) is 0 Å². The van der Waals surface area contributed by atoms with Gasteiger partial charge in [-0.05, 0) is 18.8 Å². The van der Waals surface area contributed by atoms with E-state index in [1.54, 1.807) is 0 Å². The van der Waals surface area contributed by atoms with Crippen LogP contribution in [0, 0.1) is 5.92 Å². The average molecular weight is 158 g/mol. The topological polar surface area (TPSA) is 20.2 Å². The van der Waals surface area contributed by atoms with Crippen molar-refractivity contribution < 1.29 is 5.11 Å². The van der Waals surface area contributed by atoms with E-state index in [9.17, 15) is 5.11 Å². The Hall–Kier alpha value is -0.0400. The van der Waals surface area contributed by atoms with Gasteiger partial charge in [-0.25, -0.2) is 0 Å². The molecule has 1 N–H and O–H groups in total. The molecule has 0 saturated carbocycles. The maximum absolute atomic E-state index is 9.58. The Bertz CT molecular complexity index is 80.9. The predicted molar refractivity (Wildman–Crippen MR) is 49.6 cm³/mol. The Kier molecular flexibility index (Phi) is 6.63. The maximum Gasteiger partial charge on any atom is 0.0565 e. The van der Waals surface area contributed by atoms with E-state index >= 15 is 0 Å². The van der Waals surface area contributed by atoms with Gasteiger partial charge in [0.2, 0.25) is 0 Å². The lowest BCUT2D eigenvalue weighted by molar-refractivity contribution is 0.100. The van der Waals surface area contributed by atoms with Crippen LogP contribution in [0.5, 0.6) is 0 Å². The number of aliphatic hydroxyl groups is 1. The molecule has 68 valence electrons. The Labute approximate surface area is 70.8 Å². The summed E-state index contributed by atoms with van der Waals surface area (Å²) in [6.45, 7) is 6.48. The summed E-state index contributed by atoms with van der Waals surface area (Å²) < 4.78 is 0. The van der Waals surface area contributed by atoms with E-state index in [1.165, 1.54) is 12.8 Å². The SMILES string of the molecule is CCCC[C@H](O)[C@@H](C)CCC. The average Bonchev–Trinajstić information content (AvgIpc) is 2.00. The van der Waals surface area contributed by atoms with Gasteiger partial charge in [0.1, 0.15) is 0 Å². The first kappa shape index (κ1) is 11.0. The van der Waals surface area contributed by atoms with E-state index in [0.29, 0.717) is 5.92 Å². The van der Waals surface area contributed by atoms with Gasteiger partial charge in [0.05, 0.1) is 6.10 Å². The summed E-state index contributed by atoms with van der Waals surface area (Å²) in [7, 11) is 0. The molecular weight excluding hydrogens is 136 g/mol. The lowest BCUT2D eigenvalue weighted by atomic mass is 9.95. The number of rotatable bonds is 6. The third kappa shape index (κ3) is 5.25. The Balaban J connectivity index is 3.38. The zero-order valence-corrected chi connectivity index (χ0v) is 8.14. The van der Waals surface area contributed by atoms with Gasteiger partial charge in [-0.2, -0.15) is 0 Å². The summed E-state index contributed by atoms with van der Waals surface area (Å²) in [4.78, 5) is 0. The van der Waals surface area contributed by atoms with E-state index in [2.05, 4.69) is 20.8 Å². The van der Waals surface area contributed by atoms with Crippen molar-refractivity contribution in [3.05, 3.63) is 0 Å². The van der Waals surface area contributed by atoms with Crippen molar-refractivity contribution in [1.29, 1.82) is 0 Å².